The molecule has 0 saturated carbocycles. The number of aliphatic hydroxyl groups excluding tert-OH is 1. The summed E-state index contributed by atoms with van der Waals surface area (Å²) in [5.74, 6) is 0.535. The molecule has 0 spiro atoms. The van der Waals surface area contributed by atoms with Crippen molar-refractivity contribution >= 4 is 17.5 Å². The minimum Gasteiger partial charge on any atom is -0.489 e. The topological polar surface area (TPSA) is 49.8 Å². The molecule has 0 radical (unpaired) electrons. The van der Waals surface area contributed by atoms with Crippen LogP contribution in [-0.2, 0) is 6.61 Å². The molecule has 0 aliphatic heterocycles. The molecule has 0 aromatic heterocycles. The van der Waals surface area contributed by atoms with Crippen molar-refractivity contribution in [2.75, 3.05) is 20.2 Å². The van der Waals surface area contributed by atoms with Gasteiger partial charge in [-0.1, -0.05) is 29.8 Å². The van der Waals surface area contributed by atoms with Crippen LogP contribution in [0, 0.1) is 0 Å². The number of benzene rings is 2. The van der Waals surface area contributed by atoms with Crippen LogP contribution in [-0.4, -0.2) is 36.1 Å². The van der Waals surface area contributed by atoms with Gasteiger partial charge in [0, 0.05) is 29.7 Å². The largest absolute Gasteiger partial charge is 0.489 e. The summed E-state index contributed by atoms with van der Waals surface area (Å²) in [4.78, 5) is 13.5. The zero-order valence-corrected chi connectivity index (χ0v) is 13.1. The van der Waals surface area contributed by atoms with E-state index in [1.165, 1.54) is 4.90 Å². The van der Waals surface area contributed by atoms with E-state index in [0.717, 1.165) is 5.56 Å². The van der Waals surface area contributed by atoms with Gasteiger partial charge < -0.3 is 14.7 Å². The quantitative estimate of drug-likeness (QED) is 0.890. The van der Waals surface area contributed by atoms with Crippen LogP contribution in [0.4, 0.5) is 0 Å². The average Bonchev–Trinajstić information content (AvgIpc) is 2.54. The van der Waals surface area contributed by atoms with Crippen molar-refractivity contribution in [3.05, 3.63) is 64.7 Å². The molecule has 0 fully saturated rings. The molecule has 0 bridgehead atoms. The van der Waals surface area contributed by atoms with E-state index < -0.39 is 0 Å². The van der Waals surface area contributed by atoms with Gasteiger partial charge in [0.05, 0.1) is 6.61 Å². The normalized spacial score (nSPS) is 10.3. The fraction of sp³-hybridized carbons (Fsp3) is 0.235. The zero-order valence-electron chi connectivity index (χ0n) is 12.3. The molecular formula is C17H18ClNO3. The monoisotopic (exact) mass is 319 g/mol. The van der Waals surface area contributed by atoms with Crippen LogP contribution in [0.2, 0.25) is 5.02 Å². The molecule has 0 unspecified atom stereocenters. The van der Waals surface area contributed by atoms with Crippen molar-refractivity contribution in [2.45, 2.75) is 6.61 Å². The van der Waals surface area contributed by atoms with Gasteiger partial charge in [0.1, 0.15) is 12.4 Å². The fourth-order valence-electron chi connectivity index (χ4n) is 1.94. The summed E-state index contributed by atoms with van der Waals surface area (Å²) in [6.07, 6.45) is 0. The number of carbonyl (C=O) groups is 1. The number of nitrogens with zero attached hydrogens (tertiary/aromatic N) is 1. The molecule has 1 N–H and O–H groups in total. The van der Waals surface area contributed by atoms with Crippen LogP contribution in [0.1, 0.15) is 15.9 Å². The van der Waals surface area contributed by atoms with E-state index in [2.05, 4.69) is 0 Å². The fourth-order valence-corrected chi connectivity index (χ4v) is 2.13. The molecule has 0 saturated heterocycles. The number of aliphatic hydroxyl groups is 1. The highest BCUT2D eigenvalue weighted by Gasteiger charge is 2.11. The molecule has 2 aromatic rings. The van der Waals surface area contributed by atoms with Gasteiger partial charge in [0.25, 0.3) is 5.91 Å². The van der Waals surface area contributed by atoms with Gasteiger partial charge in [-0.25, -0.2) is 0 Å². The summed E-state index contributed by atoms with van der Waals surface area (Å²) >= 11 is 6.07. The minimum absolute atomic E-state index is 0.0543. The summed E-state index contributed by atoms with van der Waals surface area (Å²) in [7, 11) is 1.65. The summed E-state index contributed by atoms with van der Waals surface area (Å²) in [6, 6.07) is 14.4. The number of carbonyl (C=O) groups excluding carboxylic acids is 1. The summed E-state index contributed by atoms with van der Waals surface area (Å²) in [6.45, 7) is 0.627. The number of hydrogen-bond donors (Lipinski definition) is 1. The van der Waals surface area contributed by atoms with E-state index in [-0.39, 0.29) is 12.5 Å². The Morgan fingerprint density at radius 1 is 1.18 bits per heavy atom. The predicted molar refractivity (Wildman–Crippen MR) is 86.3 cm³/mol. The van der Waals surface area contributed by atoms with Gasteiger partial charge in [-0.3, -0.25) is 4.79 Å². The van der Waals surface area contributed by atoms with E-state index in [1.54, 1.807) is 31.3 Å². The highest BCUT2D eigenvalue weighted by molar-refractivity contribution is 6.31. The van der Waals surface area contributed by atoms with Gasteiger partial charge in [0.15, 0.2) is 0 Å². The maximum Gasteiger partial charge on any atom is 0.253 e. The number of ether oxygens (including phenoxy) is 1. The summed E-state index contributed by atoms with van der Waals surface area (Å²) in [5, 5.41) is 9.52. The predicted octanol–water partition coefficient (Wildman–Crippen LogP) is 2.98. The van der Waals surface area contributed by atoms with Gasteiger partial charge in [-0.15, -0.1) is 0 Å². The lowest BCUT2D eigenvalue weighted by Crippen LogP contribution is -2.29. The lowest BCUT2D eigenvalue weighted by molar-refractivity contribution is 0.0767. The minimum atomic E-state index is -0.133. The maximum absolute atomic E-state index is 12.0. The van der Waals surface area contributed by atoms with Crippen molar-refractivity contribution < 1.29 is 14.6 Å². The highest BCUT2D eigenvalue weighted by Crippen LogP contribution is 2.19. The number of halogens is 1. The molecule has 5 heteroatoms. The molecule has 0 aliphatic rings. The SMILES string of the molecule is CN(CCO)C(=O)c1ccc(OCc2ccccc2Cl)cc1. The van der Waals surface area contributed by atoms with E-state index in [0.29, 0.717) is 29.5 Å². The second-order valence-corrected chi connectivity index (χ2v) is 5.26. The molecule has 0 heterocycles. The average molecular weight is 320 g/mol. The van der Waals surface area contributed by atoms with Gasteiger partial charge in [0.2, 0.25) is 0 Å². The zero-order chi connectivity index (χ0) is 15.9. The summed E-state index contributed by atoms with van der Waals surface area (Å²) in [5.41, 5.74) is 1.47. The molecule has 2 aromatic carbocycles. The third-order valence-corrected chi connectivity index (χ3v) is 3.60. The second kappa shape index (κ2) is 7.82. The molecule has 1 amide bonds. The Kier molecular flexibility index (Phi) is 5.81. The molecule has 4 nitrogen and oxygen atoms in total. The van der Waals surface area contributed by atoms with Crippen LogP contribution in [0.3, 0.4) is 0 Å². The third kappa shape index (κ3) is 4.23. The first-order chi connectivity index (χ1) is 10.6. The molecule has 2 rings (SSSR count). The first kappa shape index (κ1) is 16.3. The van der Waals surface area contributed by atoms with Gasteiger partial charge in [-0.05, 0) is 30.3 Å². The van der Waals surface area contributed by atoms with E-state index in [4.69, 9.17) is 21.4 Å². The van der Waals surface area contributed by atoms with Crippen LogP contribution < -0.4 is 4.74 Å². The lowest BCUT2D eigenvalue weighted by Gasteiger charge is -2.15. The van der Waals surface area contributed by atoms with E-state index in [9.17, 15) is 4.79 Å². The van der Waals surface area contributed by atoms with Gasteiger partial charge >= 0.3 is 0 Å². The van der Waals surface area contributed by atoms with E-state index in [1.807, 2.05) is 24.3 Å². The molecule has 0 atom stereocenters. The van der Waals surface area contributed by atoms with Gasteiger partial charge in [-0.2, -0.15) is 0 Å². The van der Waals surface area contributed by atoms with Crippen molar-refractivity contribution in [3.8, 4) is 5.75 Å². The van der Waals surface area contributed by atoms with Crippen LogP contribution in [0.25, 0.3) is 0 Å². The Labute approximate surface area is 134 Å². The van der Waals surface area contributed by atoms with Crippen LogP contribution >= 0.6 is 11.6 Å². The van der Waals surface area contributed by atoms with Crippen LogP contribution in [0.15, 0.2) is 48.5 Å². The standard InChI is InChI=1S/C17H18ClNO3/c1-19(10-11-20)17(21)13-6-8-15(9-7-13)22-12-14-4-2-3-5-16(14)18/h2-9,20H,10-12H2,1H3. The van der Waals surface area contributed by atoms with Crippen molar-refractivity contribution in [1.82, 2.24) is 4.90 Å². The maximum atomic E-state index is 12.0. The number of likely N-dealkylation sites (N-methyl/N-ethyl adjacent to an activating group) is 1. The van der Waals surface area contributed by atoms with E-state index >= 15 is 0 Å². The van der Waals surface area contributed by atoms with Crippen molar-refractivity contribution in [2.24, 2.45) is 0 Å². The van der Waals surface area contributed by atoms with Crippen molar-refractivity contribution in [1.29, 1.82) is 0 Å². The third-order valence-electron chi connectivity index (χ3n) is 3.24. The van der Waals surface area contributed by atoms with Crippen LogP contribution in [0.5, 0.6) is 5.75 Å². The summed E-state index contributed by atoms with van der Waals surface area (Å²) < 4.78 is 5.67. The Morgan fingerprint density at radius 2 is 1.86 bits per heavy atom. The molecular weight excluding hydrogens is 302 g/mol. The van der Waals surface area contributed by atoms with Crippen molar-refractivity contribution in [3.63, 3.8) is 0 Å². The Morgan fingerprint density at radius 3 is 2.50 bits per heavy atom. The Hall–Kier alpha value is -2.04. The Balaban J connectivity index is 1.97. The highest BCUT2D eigenvalue weighted by atomic mass is 35.5. The Bertz CT molecular complexity index is 628. The first-order valence-corrected chi connectivity index (χ1v) is 7.32. The second-order valence-electron chi connectivity index (χ2n) is 4.85. The molecule has 22 heavy (non-hydrogen) atoms. The molecule has 0 aliphatic carbocycles. The first-order valence-electron chi connectivity index (χ1n) is 6.94. The molecule has 116 valence electrons. The smallest absolute Gasteiger partial charge is 0.253 e. The number of rotatable bonds is 6. The number of hydrogen-bond acceptors (Lipinski definition) is 3. The number of amides is 1. The lowest BCUT2D eigenvalue weighted by atomic mass is 10.2.